The van der Waals surface area contributed by atoms with Crippen molar-refractivity contribution >= 4 is 34.7 Å². The number of aliphatic hydroxyl groups is 1. The quantitative estimate of drug-likeness (QED) is 0.850. The Hall–Kier alpha value is -0.544. The van der Waals surface area contributed by atoms with Crippen LogP contribution in [0.25, 0.3) is 0 Å². The lowest BCUT2D eigenvalue weighted by Crippen LogP contribution is -2.17. The van der Waals surface area contributed by atoms with Gasteiger partial charge in [0.2, 0.25) is 0 Å². The van der Waals surface area contributed by atoms with E-state index in [0.717, 1.165) is 11.4 Å². The zero-order chi connectivity index (χ0) is 13.0. The lowest BCUT2D eigenvalue weighted by Gasteiger charge is -2.20. The van der Waals surface area contributed by atoms with Gasteiger partial charge in [0, 0.05) is 34.0 Å². The molecule has 2 atom stereocenters. The minimum atomic E-state index is -0.372. The van der Waals surface area contributed by atoms with Crippen LogP contribution in [0.5, 0.6) is 0 Å². The third-order valence-electron chi connectivity index (χ3n) is 3.18. The molecule has 2 radical (unpaired) electrons. The smallest absolute Gasteiger partial charge is 0.0583 e. The van der Waals surface area contributed by atoms with E-state index < -0.39 is 0 Å². The molecule has 0 aliphatic rings. The van der Waals surface area contributed by atoms with Crippen LogP contribution in [0.1, 0.15) is 24.0 Å². The summed E-state index contributed by atoms with van der Waals surface area (Å²) >= 11 is 5.88. The molecule has 3 heteroatoms. The molecule has 2 aromatic carbocycles. The van der Waals surface area contributed by atoms with E-state index in [1.807, 2.05) is 49.4 Å². The summed E-state index contributed by atoms with van der Waals surface area (Å²) in [4.78, 5) is 0. The van der Waals surface area contributed by atoms with Crippen LogP contribution in [0.15, 0.2) is 54.6 Å². The van der Waals surface area contributed by atoms with Crippen LogP contribution >= 0.6 is 11.6 Å². The minimum absolute atomic E-state index is 0. The van der Waals surface area contributed by atoms with E-state index in [0.29, 0.717) is 0 Å². The van der Waals surface area contributed by atoms with Crippen molar-refractivity contribution in [2.45, 2.75) is 25.4 Å². The maximum absolute atomic E-state index is 9.96. The first-order valence-corrected chi connectivity index (χ1v) is 6.52. The molecule has 0 amide bonds. The SMILES string of the molecule is C[C@@H](O)[C@@H](Cc1ccc(Cl)cc1)c1ccccc1.[Mg]. The highest BCUT2D eigenvalue weighted by molar-refractivity contribution is 6.30. The van der Waals surface area contributed by atoms with Crippen LogP contribution in [-0.2, 0) is 6.42 Å². The van der Waals surface area contributed by atoms with Gasteiger partial charge in [0.05, 0.1) is 6.10 Å². The second-order valence-corrected chi connectivity index (χ2v) is 5.02. The van der Waals surface area contributed by atoms with Crippen molar-refractivity contribution in [3.8, 4) is 0 Å². The van der Waals surface area contributed by atoms with Gasteiger partial charge in [-0.1, -0.05) is 54.1 Å². The Morgan fingerprint density at radius 1 is 1.00 bits per heavy atom. The zero-order valence-electron chi connectivity index (χ0n) is 11.1. The van der Waals surface area contributed by atoms with Gasteiger partial charge in [-0.3, -0.25) is 0 Å². The second kappa shape index (κ2) is 7.90. The van der Waals surface area contributed by atoms with E-state index in [2.05, 4.69) is 12.1 Å². The van der Waals surface area contributed by atoms with E-state index in [9.17, 15) is 5.11 Å². The monoisotopic (exact) mass is 284 g/mol. The van der Waals surface area contributed by atoms with Gasteiger partial charge in [-0.15, -0.1) is 0 Å². The summed E-state index contributed by atoms with van der Waals surface area (Å²) in [5.41, 5.74) is 2.36. The Kier molecular flexibility index (Phi) is 6.87. The predicted octanol–water partition coefficient (Wildman–Crippen LogP) is 3.67. The van der Waals surface area contributed by atoms with E-state index >= 15 is 0 Å². The second-order valence-electron chi connectivity index (χ2n) is 4.59. The van der Waals surface area contributed by atoms with Crippen LogP contribution < -0.4 is 0 Å². The molecule has 0 saturated heterocycles. The number of hydrogen-bond donors (Lipinski definition) is 1. The lowest BCUT2D eigenvalue weighted by atomic mass is 9.88. The molecule has 0 heterocycles. The standard InChI is InChI=1S/C16H17ClO.Mg/c1-12(18)16(14-5-3-2-4-6-14)11-13-7-9-15(17)10-8-13;/h2-10,12,16,18H,11H2,1H3;/t12-,16-;/m1./s1. The van der Waals surface area contributed by atoms with Gasteiger partial charge in [-0.2, -0.15) is 0 Å². The van der Waals surface area contributed by atoms with Crippen LogP contribution in [0, 0.1) is 0 Å². The number of benzene rings is 2. The van der Waals surface area contributed by atoms with E-state index in [4.69, 9.17) is 11.6 Å². The van der Waals surface area contributed by atoms with Gasteiger partial charge in [0.15, 0.2) is 0 Å². The maximum Gasteiger partial charge on any atom is 0.0583 e. The molecule has 1 N–H and O–H groups in total. The summed E-state index contributed by atoms with van der Waals surface area (Å²) in [7, 11) is 0. The zero-order valence-corrected chi connectivity index (χ0v) is 13.3. The fraction of sp³-hybridized carbons (Fsp3) is 0.250. The van der Waals surface area contributed by atoms with Crippen molar-refractivity contribution in [3.05, 3.63) is 70.7 Å². The summed E-state index contributed by atoms with van der Waals surface area (Å²) in [6, 6.07) is 17.9. The molecule has 0 aliphatic carbocycles. The van der Waals surface area contributed by atoms with Crippen molar-refractivity contribution in [2.75, 3.05) is 0 Å². The van der Waals surface area contributed by atoms with Crippen molar-refractivity contribution in [1.82, 2.24) is 0 Å². The Labute approximate surface area is 135 Å². The Bertz CT molecular complexity index is 482. The highest BCUT2D eigenvalue weighted by atomic mass is 35.5. The first-order chi connectivity index (χ1) is 8.66. The van der Waals surface area contributed by atoms with Crippen molar-refractivity contribution < 1.29 is 5.11 Å². The summed E-state index contributed by atoms with van der Waals surface area (Å²) in [5, 5.41) is 10.7. The summed E-state index contributed by atoms with van der Waals surface area (Å²) in [5.74, 6) is 0.118. The largest absolute Gasteiger partial charge is 0.393 e. The average Bonchev–Trinajstić information content (AvgIpc) is 2.38. The molecule has 2 rings (SSSR count). The van der Waals surface area contributed by atoms with E-state index in [-0.39, 0.29) is 35.1 Å². The maximum atomic E-state index is 9.96. The first-order valence-electron chi connectivity index (χ1n) is 6.14. The van der Waals surface area contributed by atoms with Gasteiger partial charge < -0.3 is 5.11 Å². The van der Waals surface area contributed by atoms with Crippen molar-refractivity contribution in [2.24, 2.45) is 0 Å². The molecule has 0 saturated carbocycles. The molecule has 1 nitrogen and oxygen atoms in total. The fourth-order valence-electron chi connectivity index (χ4n) is 2.14. The molecule has 19 heavy (non-hydrogen) atoms. The Balaban J connectivity index is 0.00000180. The molecule has 0 bridgehead atoms. The molecule has 0 unspecified atom stereocenters. The highest BCUT2D eigenvalue weighted by Crippen LogP contribution is 2.25. The van der Waals surface area contributed by atoms with Crippen LogP contribution in [-0.4, -0.2) is 34.3 Å². The number of halogens is 1. The lowest BCUT2D eigenvalue weighted by molar-refractivity contribution is 0.161. The molecule has 0 fully saturated rings. The summed E-state index contributed by atoms with van der Waals surface area (Å²) in [6.45, 7) is 1.84. The summed E-state index contributed by atoms with van der Waals surface area (Å²) in [6.07, 6.45) is 0.446. The number of aliphatic hydroxyl groups excluding tert-OH is 1. The Morgan fingerprint density at radius 2 is 1.58 bits per heavy atom. The number of rotatable bonds is 4. The molecular weight excluding hydrogens is 268 g/mol. The van der Waals surface area contributed by atoms with Crippen LogP contribution in [0.4, 0.5) is 0 Å². The molecule has 96 valence electrons. The third kappa shape index (κ3) is 4.81. The third-order valence-corrected chi connectivity index (χ3v) is 3.43. The molecule has 0 spiro atoms. The van der Waals surface area contributed by atoms with Crippen molar-refractivity contribution in [1.29, 1.82) is 0 Å². The predicted molar refractivity (Wildman–Crippen MR) is 81.8 cm³/mol. The number of hydrogen-bond acceptors (Lipinski definition) is 1. The van der Waals surface area contributed by atoms with Gasteiger partial charge in [-0.25, -0.2) is 0 Å². The van der Waals surface area contributed by atoms with Gasteiger partial charge in [0.1, 0.15) is 0 Å². The van der Waals surface area contributed by atoms with Gasteiger partial charge in [0.25, 0.3) is 0 Å². The fourth-order valence-corrected chi connectivity index (χ4v) is 2.27. The molecule has 0 aliphatic heterocycles. The summed E-state index contributed by atoms with van der Waals surface area (Å²) < 4.78 is 0. The van der Waals surface area contributed by atoms with Crippen LogP contribution in [0.3, 0.4) is 0 Å². The van der Waals surface area contributed by atoms with Crippen LogP contribution in [0.2, 0.25) is 5.02 Å². The van der Waals surface area contributed by atoms with Gasteiger partial charge in [-0.05, 0) is 36.6 Å². The molecular formula is C16H17ClMgO. The highest BCUT2D eigenvalue weighted by Gasteiger charge is 2.17. The molecule has 2 aromatic rings. The Morgan fingerprint density at radius 3 is 2.11 bits per heavy atom. The van der Waals surface area contributed by atoms with E-state index in [1.165, 1.54) is 11.1 Å². The van der Waals surface area contributed by atoms with Crippen molar-refractivity contribution in [3.63, 3.8) is 0 Å². The average molecular weight is 285 g/mol. The minimum Gasteiger partial charge on any atom is -0.393 e. The molecule has 0 aromatic heterocycles. The normalized spacial score (nSPS) is 13.4. The topological polar surface area (TPSA) is 20.2 Å². The van der Waals surface area contributed by atoms with Gasteiger partial charge >= 0.3 is 0 Å². The first kappa shape index (κ1) is 16.5. The van der Waals surface area contributed by atoms with E-state index in [1.54, 1.807) is 0 Å².